The van der Waals surface area contributed by atoms with E-state index in [9.17, 15) is 9.90 Å². The first-order valence-electron chi connectivity index (χ1n) is 3.59. The molecule has 1 N–H and O–H groups in total. The highest BCUT2D eigenvalue weighted by molar-refractivity contribution is 7.21. The molecule has 13 heavy (non-hydrogen) atoms. The molecule has 1 heterocycles. The van der Waals surface area contributed by atoms with Gasteiger partial charge < -0.3 is 5.11 Å². The highest BCUT2D eigenvalue weighted by Gasteiger charge is 2.11. The van der Waals surface area contributed by atoms with E-state index in [0.29, 0.717) is 10.6 Å². The molecule has 0 aliphatic carbocycles. The topological polar surface area (TPSA) is 37.3 Å². The number of aldehydes is 1. The molecule has 2 aromatic rings. The standard InChI is InChI=1S/C9H5ClO2S/c10-7-6-3-1-2-5(4-11)8(6)13-9(7)12/h1-4,12H. The van der Waals surface area contributed by atoms with Crippen molar-refractivity contribution in [2.75, 3.05) is 0 Å². The zero-order valence-electron chi connectivity index (χ0n) is 6.45. The first-order chi connectivity index (χ1) is 6.24. The number of carbonyl (C=O) groups is 1. The molecule has 66 valence electrons. The van der Waals surface area contributed by atoms with Crippen LogP contribution in [0, 0.1) is 0 Å². The van der Waals surface area contributed by atoms with Crippen molar-refractivity contribution in [3.8, 4) is 5.06 Å². The van der Waals surface area contributed by atoms with Gasteiger partial charge in [-0.2, -0.15) is 0 Å². The van der Waals surface area contributed by atoms with Crippen LogP contribution < -0.4 is 0 Å². The summed E-state index contributed by atoms with van der Waals surface area (Å²) in [5.41, 5.74) is 0.560. The Bertz CT molecular complexity index is 476. The smallest absolute Gasteiger partial charge is 0.191 e. The lowest BCUT2D eigenvalue weighted by Gasteiger charge is -1.91. The van der Waals surface area contributed by atoms with Crippen LogP contribution in [-0.4, -0.2) is 11.4 Å². The van der Waals surface area contributed by atoms with Gasteiger partial charge in [0.15, 0.2) is 11.3 Å². The largest absolute Gasteiger partial charge is 0.498 e. The van der Waals surface area contributed by atoms with Gasteiger partial charge in [0.05, 0.1) is 4.70 Å². The molecule has 0 amide bonds. The number of rotatable bonds is 1. The van der Waals surface area contributed by atoms with Gasteiger partial charge in [-0.25, -0.2) is 0 Å². The number of hydrogen-bond acceptors (Lipinski definition) is 3. The number of hydrogen-bond donors (Lipinski definition) is 1. The minimum absolute atomic E-state index is 0.0611. The summed E-state index contributed by atoms with van der Waals surface area (Å²) in [6.07, 6.45) is 0.759. The van der Waals surface area contributed by atoms with Gasteiger partial charge in [-0.05, 0) is 0 Å². The lowest BCUT2D eigenvalue weighted by molar-refractivity contribution is 0.112. The van der Waals surface area contributed by atoms with Crippen molar-refractivity contribution in [1.82, 2.24) is 0 Å². The van der Waals surface area contributed by atoms with Crippen molar-refractivity contribution in [3.63, 3.8) is 0 Å². The zero-order valence-corrected chi connectivity index (χ0v) is 8.02. The summed E-state index contributed by atoms with van der Waals surface area (Å²) in [4.78, 5) is 10.6. The molecule has 0 spiro atoms. The van der Waals surface area contributed by atoms with E-state index in [1.165, 1.54) is 0 Å². The lowest BCUT2D eigenvalue weighted by atomic mass is 10.2. The summed E-state index contributed by atoms with van der Waals surface area (Å²) < 4.78 is 0.736. The van der Waals surface area contributed by atoms with Gasteiger partial charge in [0.1, 0.15) is 5.02 Å². The Balaban J connectivity index is 2.92. The second kappa shape index (κ2) is 3.01. The number of benzene rings is 1. The van der Waals surface area contributed by atoms with Crippen molar-refractivity contribution < 1.29 is 9.90 Å². The second-order valence-corrected chi connectivity index (χ2v) is 3.94. The summed E-state index contributed by atoms with van der Waals surface area (Å²) in [5, 5.41) is 10.4. The Kier molecular flexibility index (Phi) is 1.98. The normalized spacial score (nSPS) is 10.5. The van der Waals surface area contributed by atoms with Gasteiger partial charge in [0.2, 0.25) is 0 Å². The molecule has 1 aromatic carbocycles. The van der Waals surface area contributed by atoms with Crippen LogP contribution in [0.2, 0.25) is 5.02 Å². The van der Waals surface area contributed by atoms with Crippen molar-refractivity contribution in [3.05, 3.63) is 28.8 Å². The maximum absolute atomic E-state index is 10.6. The Morgan fingerprint density at radius 2 is 2.23 bits per heavy atom. The predicted octanol–water partition coefficient (Wildman–Crippen LogP) is 3.07. The maximum Gasteiger partial charge on any atom is 0.191 e. The molecule has 0 unspecified atom stereocenters. The first-order valence-corrected chi connectivity index (χ1v) is 4.78. The molecule has 0 saturated heterocycles. The van der Waals surface area contributed by atoms with E-state index < -0.39 is 0 Å². The predicted molar refractivity (Wildman–Crippen MR) is 53.9 cm³/mol. The molecular weight excluding hydrogens is 208 g/mol. The van der Waals surface area contributed by atoms with Crippen LogP contribution in [0.1, 0.15) is 10.4 Å². The van der Waals surface area contributed by atoms with Crippen molar-refractivity contribution in [1.29, 1.82) is 0 Å². The number of halogens is 1. The number of aromatic hydroxyl groups is 1. The van der Waals surface area contributed by atoms with Crippen LogP contribution in [0.3, 0.4) is 0 Å². The van der Waals surface area contributed by atoms with Crippen LogP contribution >= 0.6 is 22.9 Å². The van der Waals surface area contributed by atoms with E-state index in [1.54, 1.807) is 18.2 Å². The number of carbonyl (C=O) groups excluding carboxylic acids is 1. The lowest BCUT2D eigenvalue weighted by Crippen LogP contribution is -1.77. The molecule has 0 radical (unpaired) electrons. The second-order valence-electron chi connectivity index (χ2n) is 2.56. The molecule has 0 aliphatic heterocycles. The molecule has 0 bridgehead atoms. The Morgan fingerprint density at radius 1 is 1.46 bits per heavy atom. The molecule has 0 atom stereocenters. The minimum atomic E-state index is 0.0611. The van der Waals surface area contributed by atoms with E-state index in [4.69, 9.17) is 11.6 Å². The van der Waals surface area contributed by atoms with E-state index in [0.717, 1.165) is 27.7 Å². The van der Waals surface area contributed by atoms with Gasteiger partial charge in [-0.15, -0.1) is 0 Å². The molecule has 2 nitrogen and oxygen atoms in total. The van der Waals surface area contributed by atoms with Crippen LogP contribution in [-0.2, 0) is 0 Å². The van der Waals surface area contributed by atoms with Crippen molar-refractivity contribution >= 4 is 39.3 Å². The third-order valence-electron chi connectivity index (χ3n) is 1.80. The summed E-state index contributed by atoms with van der Waals surface area (Å²) >= 11 is 6.94. The highest BCUT2D eigenvalue weighted by atomic mass is 35.5. The fraction of sp³-hybridized carbons (Fsp3) is 0. The number of fused-ring (bicyclic) bond motifs is 1. The van der Waals surface area contributed by atoms with E-state index in [1.807, 2.05) is 0 Å². The van der Waals surface area contributed by atoms with Gasteiger partial charge >= 0.3 is 0 Å². The van der Waals surface area contributed by atoms with Crippen molar-refractivity contribution in [2.45, 2.75) is 0 Å². The summed E-state index contributed by atoms with van der Waals surface area (Å²) in [5.74, 6) is 0. The first kappa shape index (κ1) is 8.53. The molecule has 1 aromatic heterocycles. The van der Waals surface area contributed by atoms with Gasteiger partial charge in [-0.1, -0.05) is 41.1 Å². The number of thiophene rings is 1. The fourth-order valence-electron chi connectivity index (χ4n) is 1.19. The zero-order chi connectivity index (χ0) is 9.42. The molecule has 0 saturated carbocycles. The Hall–Kier alpha value is -1.06. The molecule has 4 heteroatoms. The summed E-state index contributed by atoms with van der Waals surface area (Å²) in [6.45, 7) is 0. The van der Waals surface area contributed by atoms with Gasteiger partial charge in [0, 0.05) is 10.9 Å². The maximum atomic E-state index is 10.6. The van der Waals surface area contributed by atoms with E-state index in [2.05, 4.69) is 0 Å². The van der Waals surface area contributed by atoms with Crippen LogP contribution in [0.4, 0.5) is 0 Å². The quantitative estimate of drug-likeness (QED) is 0.738. The fourth-order valence-corrected chi connectivity index (χ4v) is 2.43. The van der Waals surface area contributed by atoms with E-state index >= 15 is 0 Å². The molecule has 0 fully saturated rings. The summed E-state index contributed by atoms with van der Waals surface area (Å²) in [6, 6.07) is 5.21. The van der Waals surface area contributed by atoms with E-state index in [-0.39, 0.29) is 5.06 Å². The monoisotopic (exact) mass is 212 g/mol. The average molecular weight is 213 g/mol. The average Bonchev–Trinajstić information content (AvgIpc) is 2.43. The van der Waals surface area contributed by atoms with Crippen LogP contribution in [0.15, 0.2) is 18.2 Å². The van der Waals surface area contributed by atoms with Crippen molar-refractivity contribution in [2.24, 2.45) is 0 Å². The molecule has 2 rings (SSSR count). The van der Waals surface area contributed by atoms with Gasteiger partial charge in [0.25, 0.3) is 0 Å². The third-order valence-corrected chi connectivity index (χ3v) is 3.35. The highest BCUT2D eigenvalue weighted by Crippen LogP contribution is 2.41. The summed E-state index contributed by atoms with van der Waals surface area (Å²) in [7, 11) is 0. The van der Waals surface area contributed by atoms with Crippen LogP contribution in [0.25, 0.3) is 10.1 Å². The van der Waals surface area contributed by atoms with Gasteiger partial charge in [-0.3, -0.25) is 4.79 Å². The Labute approximate surface area is 83.4 Å². The SMILES string of the molecule is O=Cc1cccc2c(Cl)c(O)sc12. The molecule has 0 aliphatic rings. The molecular formula is C9H5ClO2S. The third kappa shape index (κ3) is 1.20. The minimum Gasteiger partial charge on any atom is -0.498 e. The Morgan fingerprint density at radius 3 is 2.92 bits per heavy atom. The van der Waals surface area contributed by atoms with Crippen LogP contribution in [0.5, 0.6) is 5.06 Å².